The molecule has 0 amide bonds. The fourth-order valence-corrected chi connectivity index (χ4v) is 1.48. The molecular weight excluding hydrogens is 232 g/mol. The molecule has 0 aliphatic heterocycles. The standard InChI is InChI=1S/C13H18N2O3/c14-8-4-3-6-11(15)13(17)18-12-7-2-1-5-10(12)9-16/h1-2,5,7,9,11H,3-4,6,8,14-15H2/t11-/m0/s1. The first-order valence-corrected chi connectivity index (χ1v) is 5.90. The second kappa shape index (κ2) is 7.58. The summed E-state index contributed by atoms with van der Waals surface area (Å²) in [6, 6.07) is 5.85. The number of benzene rings is 1. The van der Waals surface area contributed by atoms with E-state index in [2.05, 4.69) is 0 Å². The molecule has 18 heavy (non-hydrogen) atoms. The summed E-state index contributed by atoms with van der Waals surface area (Å²) in [5, 5.41) is 0. The molecule has 0 fully saturated rings. The van der Waals surface area contributed by atoms with Gasteiger partial charge in [0.05, 0.1) is 5.56 Å². The zero-order valence-corrected chi connectivity index (χ0v) is 10.2. The van der Waals surface area contributed by atoms with Gasteiger partial charge in [-0.05, 0) is 31.5 Å². The molecule has 0 saturated carbocycles. The highest BCUT2D eigenvalue weighted by atomic mass is 16.5. The Labute approximate surface area is 106 Å². The largest absolute Gasteiger partial charge is 0.425 e. The first-order valence-electron chi connectivity index (χ1n) is 5.90. The number of hydrogen-bond donors (Lipinski definition) is 2. The smallest absolute Gasteiger partial charge is 0.328 e. The molecule has 1 aromatic rings. The molecule has 1 rings (SSSR count). The van der Waals surface area contributed by atoms with Crippen LogP contribution >= 0.6 is 0 Å². The van der Waals surface area contributed by atoms with Crippen LogP contribution in [0.2, 0.25) is 0 Å². The maximum absolute atomic E-state index is 11.7. The van der Waals surface area contributed by atoms with E-state index in [-0.39, 0.29) is 5.75 Å². The lowest BCUT2D eigenvalue weighted by Crippen LogP contribution is -2.34. The van der Waals surface area contributed by atoms with Crippen LogP contribution in [0.25, 0.3) is 0 Å². The predicted octanol–water partition coefficient (Wildman–Crippen LogP) is 0.861. The molecule has 0 spiro atoms. The number of esters is 1. The van der Waals surface area contributed by atoms with Crippen molar-refractivity contribution in [2.24, 2.45) is 11.5 Å². The van der Waals surface area contributed by atoms with E-state index in [4.69, 9.17) is 16.2 Å². The third kappa shape index (κ3) is 4.27. The quantitative estimate of drug-likeness (QED) is 0.324. The minimum Gasteiger partial charge on any atom is -0.425 e. The van der Waals surface area contributed by atoms with Gasteiger partial charge in [0.25, 0.3) is 0 Å². The molecule has 0 saturated heterocycles. The Kier molecular flexibility index (Phi) is 6.04. The normalized spacial score (nSPS) is 11.9. The van der Waals surface area contributed by atoms with Crippen molar-refractivity contribution in [2.75, 3.05) is 6.54 Å². The van der Waals surface area contributed by atoms with Crippen molar-refractivity contribution in [1.82, 2.24) is 0 Å². The molecule has 0 unspecified atom stereocenters. The maximum Gasteiger partial charge on any atom is 0.328 e. The molecule has 1 atom stereocenters. The maximum atomic E-state index is 11.7. The first-order chi connectivity index (χ1) is 8.69. The first kappa shape index (κ1) is 14.3. The predicted molar refractivity (Wildman–Crippen MR) is 68.3 cm³/mol. The summed E-state index contributed by atoms with van der Waals surface area (Å²) in [6.07, 6.45) is 2.77. The van der Waals surface area contributed by atoms with Crippen LogP contribution in [0.3, 0.4) is 0 Å². The van der Waals surface area contributed by atoms with E-state index in [1.165, 1.54) is 0 Å². The van der Waals surface area contributed by atoms with Gasteiger partial charge >= 0.3 is 5.97 Å². The lowest BCUT2D eigenvalue weighted by atomic mass is 10.1. The molecule has 0 radical (unpaired) electrons. The Morgan fingerprint density at radius 1 is 1.33 bits per heavy atom. The third-order valence-electron chi connectivity index (χ3n) is 2.53. The van der Waals surface area contributed by atoms with Crippen LogP contribution in [-0.4, -0.2) is 24.8 Å². The van der Waals surface area contributed by atoms with Crippen molar-refractivity contribution in [3.05, 3.63) is 29.8 Å². The van der Waals surface area contributed by atoms with E-state index in [0.29, 0.717) is 24.8 Å². The summed E-state index contributed by atoms with van der Waals surface area (Å²) < 4.78 is 5.10. The SMILES string of the molecule is NCCCC[C@H](N)C(=O)Oc1ccccc1C=O. The summed E-state index contributed by atoms with van der Waals surface area (Å²) in [5.41, 5.74) is 11.4. The summed E-state index contributed by atoms with van der Waals surface area (Å²) in [6.45, 7) is 0.579. The van der Waals surface area contributed by atoms with Crippen LogP contribution in [0.15, 0.2) is 24.3 Å². The van der Waals surface area contributed by atoms with E-state index >= 15 is 0 Å². The van der Waals surface area contributed by atoms with Gasteiger partial charge in [-0.3, -0.25) is 4.79 Å². The zero-order chi connectivity index (χ0) is 13.4. The minimum atomic E-state index is -0.684. The monoisotopic (exact) mass is 250 g/mol. The molecule has 0 heterocycles. The van der Waals surface area contributed by atoms with Gasteiger partial charge in [-0.1, -0.05) is 18.6 Å². The van der Waals surface area contributed by atoms with Gasteiger partial charge in [-0.15, -0.1) is 0 Å². The molecule has 4 N–H and O–H groups in total. The average molecular weight is 250 g/mol. The Morgan fingerprint density at radius 2 is 2.06 bits per heavy atom. The van der Waals surface area contributed by atoms with Crippen molar-refractivity contribution < 1.29 is 14.3 Å². The molecule has 0 bridgehead atoms. The van der Waals surface area contributed by atoms with Crippen LogP contribution < -0.4 is 16.2 Å². The topological polar surface area (TPSA) is 95.4 Å². The van der Waals surface area contributed by atoms with Crippen molar-refractivity contribution in [2.45, 2.75) is 25.3 Å². The number of ether oxygens (including phenoxy) is 1. The van der Waals surface area contributed by atoms with E-state index in [0.717, 1.165) is 12.8 Å². The van der Waals surface area contributed by atoms with Gasteiger partial charge in [-0.25, -0.2) is 4.79 Å². The molecule has 0 aliphatic rings. The molecule has 1 aromatic carbocycles. The highest BCUT2D eigenvalue weighted by Gasteiger charge is 2.16. The van der Waals surface area contributed by atoms with Gasteiger partial charge in [0.15, 0.2) is 6.29 Å². The summed E-state index contributed by atoms with van der Waals surface area (Å²) in [5.74, 6) is -0.284. The van der Waals surface area contributed by atoms with E-state index in [1.807, 2.05) is 0 Å². The Hall–Kier alpha value is -1.72. The van der Waals surface area contributed by atoms with E-state index in [9.17, 15) is 9.59 Å². The van der Waals surface area contributed by atoms with Gasteiger partial charge in [0.1, 0.15) is 11.8 Å². The van der Waals surface area contributed by atoms with Crippen LogP contribution in [-0.2, 0) is 4.79 Å². The van der Waals surface area contributed by atoms with Gasteiger partial charge in [0.2, 0.25) is 0 Å². The van der Waals surface area contributed by atoms with Gasteiger partial charge < -0.3 is 16.2 Å². The Balaban J connectivity index is 2.55. The van der Waals surface area contributed by atoms with Crippen molar-refractivity contribution >= 4 is 12.3 Å². The molecule has 98 valence electrons. The number of carbonyl (C=O) groups is 2. The highest BCUT2D eigenvalue weighted by Crippen LogP contribution is 2.16. The number of unbranched alkanes of at least 4 members (excludes halogenated alkanes) is 1. The van der Waals surface area contributed by atoms with Gasteiger partial charge in [-0.2, -0.15) is 0 Å². The number of nitrogens with two attached hydrogens (primary N) is 2. The number of hydrogen-bond acceptors (Lipinski definition) is 5. The lowest BCUT2D eigenvalue weighted by molar-refractivity contribution is -0.136. The molecule has 0 aliphatic carbocycles. The second-order valence-corrected chi connectivity index (χ2v) is 3.97. The summed E-state index contributed by atoms with van der Waals surface area (Å²) >= 11 is 0. The molecule has 0 aromatic heterocycles. The van der Waals surface area contributed by atoms with Crippen molar-refractivity contribution in [3.8, 4) is 5.75 Å². The summed E-state index contributed by atoms with van der Waals surface area (Å²) in [7, 11) is 0. The molecule has 5 nitrogen and oxygen atoms in total. The average Bonchev–Trinajstić information content (AvgIpc) is 2.39. The van der Waals surface area contributed by atoms with Crippen molar-refractivity contribution in [1.29, 1.82) is 0 Å². The number of aldehydes is 1. The number of para-hydroxylation sites is 1. The van der Waals surface area contributed by atoms with Crippen LogP contribution in [0.4, 0.5) is 0 Å². The third-order valence-corrected chi connectivity index (χ3v) is 2.53. The summed E-state index contributed by atoms with van der Waals surface area (Å²) in [4.78, 5) is 22.4. The zero-order valence-electron chi connectivity index (χ0n) is 10.2. The second-order valence-electron chi connectivity index (χ2n) is 3.97. The fraction of sp³-hybridized carbons (Fsp3) is 0.385. The Morgan fingerprint density at radius 3 is 2.72 bits per heavy atom. The number of rotatable bonds is 7. The van der Waals surface area contributed by atoms with Crippen LogP contribution in [0.1, 0.15) is 29.6 Å². The fourth-order valence-electron chi connectivity index (χ4n) is 1.48. The number of carbonyl (C=O) groups excluding carboxylic acids is 2. The van der Waals surface area contributed by atoms with Crippen LogP contribution in [0, 0.1) is 0 Å². The minimum absolute atomic E-state index is 0.242. The molecular formula is C13H18N2O3. The van der Waals surface area contributed by atoms with Gasteiger partial charge in [0, 0.05) is 0 Å². The Bertz CT molecular complexity index is 407. The van der Waals surface area contributed by atoms with Crippen molar-refractivity contribution in [3.63, 3.8) is 0 Å². The van der Waals surface area contributed by atoms with E-state index in [1.54, 1.807) is 24.3 Å². The van der Waals surface area contributed by atoms with E-state index < -0.39 is 12.0 Å². The highest BCUT2D eigenvalue weighted by molar-refractivity contribution is 5.83. The lowest BCUT2D eigenvalue weighted by Gasteiger charge is -2.11. The van der Waals surface area contributed by atoms with Crippen LogP contribution in [0.5, 0.6) is 5.75 Å². The molecule has 5 heteroatoms.